The second-order valence-corrected chi connectivity index (χ2v) is 7.16. The number of hydrogen-bond donors (Lipinski definition) is 1. The molecule has 1 atom stereocenters. The van der Waals surface area contributed by atoms with Gasteiger partial charge in [0.2, 0.25) is 0 Å². The number of fused-ring (bicyclic) bond motifs is 2. The van der Waals surface area contributed by atoms with Gasteiger partial charge in [0, 0.05) is 34.7 Å². The lowest BCUT2D eigenvalue weighted by Gasteiger charge is -2.08. The van der Waals surface area contributed by atoms with Crippen LogP contribution in [0.5, 0.6) is 0 Å². The van der Waals surface area contributed by atoms with Crippen molar-refractivity contribution in [3.05, 3.63) is 78.5 Å². The summed E-state index contributed by atoms with van der Waals surface area (Å²) in [6.45, 7) is 2.27. The fourth-order valence-corrected chi connectivity index (χ4v) is 3.68. The predicted molar refractivity (Wildman–Crippen MR) is 114 cm³/mol. The van der Waals surface area contributed by atoms with E-state index < -0.39 is 6.17 Å². The van der Waals surface area contributed by atoms with Gasteiger partial charge in [-0.1, -0.05) is 54.6 Å². The van der Waals surface area contributed by atoms with Crippen LogP contribution in [0.4, 0.5) is 10.1 Å². The van der Waals surface area contributed by atoms with Gasteiger partial charge in [0.25, 0.3) is 5.91 Å². The molecule has 142 valence electrons. The van der Waals surface area contributed by atoms with E-state index in [0.717, 1.165) is 33.8 Å². The molecule has 1 amide bonds. The third-order valence-corrected chi connectivity index (χ3v) is 5.07. The van der Waals surface area contributed by atoms with Gasteiger partial charge in [-0.2, -0.15) is 0 Å². The number of carbonyl (C=O) groups is 1. The Hall–Kier alpha value is -3.14. The van der Waals surface area contributed by atoms with Gasteiger partial charge >= 0.3 is 0 Å². The zero-order valence-electron chi connectivity index (χ0n) is 15.9. The standard InChI is InChI=1S/C24H23FN2O/c1-17(25)8-7-15-27-16-21(20-12-4-5-14-23(20)27)24(28)26-22-13-6-10-18-9-2-3-11-19(18)22/h2-6,9-14,16-17H,7-8,15H2,1H3,(H,26,28)/t17-/m0/s1. The van der Waals surface area contributed by atoms with Crippen molar-refractivity contribution in [2.24, 2.45) is 0 Å². The molecule has 0 spiro atoms. The first-order valence-corrected chi connectivity index (χ1v) is 9.64. The molecule has 4 aromatic rings. The zero-order valence-corrected chi connectivity index (χ0v) is 15.9. The van der Waals surface area contributed by atoms with E-state index in [-0.39, 0.29) is 5.91 Å². The highest BCUT2D eigenvalue weighted by atomic mass is 19.1. The number of amides is 1. The average molecular weight is 374 g/mol. The Bertz CT molecular complexity index is 1120. The van der Waals surface area contributed by atoms with Gasteiger partial charge in [-0.05, 0) is 37.3 Å². The SMILES string of the molecule is C[C@H](F)CCCn1cc(C(=O)Nc2cccc3ccccc23)c2ccccc21. The lowest BCUT2D eigenvalue weighted by atomic mass is 10.1. The number of anilines is 1. The number of nitrogens with zero attached hydrogens (tertiary/aromatic N) is 1. The van der Waals surface area contributed by atoms with Gasteiger partial charge < -0.3 is 9.88 Å². The van der Waals surface area contributed by atoms with Crippen LogP contribution in [-0.4, -0.2) is 16.6 Å². The first-order valence-electron chi connectivity index (χ1n) is 9.64. The van der Waals surface area contributed by atoms with E-state index in [0.29, 0.717) is 18.5 Å². The Labute approximate surface area is 163 Å². The van der Waals surface area contributed by atoms with Gasteiger partial charge in [0.1, 0.15) is 0 Å². The fourth-order valence-electron chi connectivity index (χ4n) is 3.68. The first-order chi connectivity index (χ1) is 13.6. The van der Waals surface area contributed by atoms with Crippen molar-refractivity contribution in [3.8, 4) is 0 Å². The molecule has 0 aliphatic carbocycles. The minimum absolute atomic E-state index is 0.134. The van der Waals surface area contributed by atoms with E-state index in [1.807, 2.05) is 72.9 Å². The highest BCUT2D eigenvalue weighted by molar-refractivity contribution is 6.15. The van der Waals surface area contributed by atoms with E-state index in [9.17, 15) is 9.18 Å². The van der Waals surface area contributed by atoms with Crippen LogP contribution < -0.4 is 5.32 Å². The van der Waals surface area contributed by atoms with Crippen LogP contribution >= 0.6 is 0 Å². The summed E-state index contributed by atoms with van der Waals surface area (Å²) in [6.07, 6.45) is 2.33. The number of benzene rings is 3. The number of halogens is 1. The average Bonchev–Trinajstić information content (AvgIpc) is 3.07. The molecule has 3 aromatic carbocycles. The van der Waals surface area contributed by atoms with Crippen molar-refractivity contribution < 1.29 is 9.18 Å². The Morgan fingerprint density at radius 3 is 2.54 bits per heavy atom. The summed E-state index contributed by atoms with van der Waals surface area (Å²) in [5.74, 6) is -0.134. The summed E-state index contributed by atoms with van der Waals surface area (Å²) in [7, 11) is 0. The number of aryl methyl sites for hydroxylation is 1. The second kappa shape index (κ2) is 7.85. The molecule has 0 saturated heterocycles. The van der Waals surface area contributed by atoms with Crippen molar-refractivity contribution in [2.75, 3.05) is 5.32 Å². The molecule has 0 aliphatic heterocycles. The van der Waals surface area contributed by atoms with Crippen molar-refractivity contribution in [1.82, 2.24) is 4.57 Å². The van der Waals surface area contributed by atoms with Gasteiger partial charge in [0.05, 0.1) is 11.7 Å². The van der Waals surface area contributed by atoms with Crippen molar-refractivity contribution in [2.45, 2.75) is 32.5 Å². The van der Waals surface area contributed by atoms with Gasteiger partial charge in [-0.15, -0.1) is 0 Å². The van der Waals surface area contributed by atoms with Crippen LogP contribution in [-0.2, 0) is 6.54 Å². The molecule has 0 fully saturated rings. The van der Waals surface area contributed by atoms with Crippen molar-refractivity contribution in [1.29, 1.82) is 0 Å². The zero-order chi connectivity index (χ0) is 19.5. The highest BCUT2D eigenvalue weighted by Gasteiger charge is 2.16. The van der Waals surface area contributed by atoms with Gasteiger partial charge in [-0.25, -0.2) is 4.39 Å². The molecular weight excluding hydrogens is 351 g/mol. The van der Waals surface area contributed by atoms with Crippen LogP contribution in [0, 0.1) is 0 Å². The molecule has 1 N–H and O–H groups in total. The van der Waals surface area contributed by atoms with E-state index in [1.54, 1.807) is 6.92 Å². The summed E-state index contributed by atoms with van der Waals surface area (Å²) in [4.78, 5) is 13.1. The summed E-state index contributed by atoms with van der Waals surface area (Å²) in [5, 5.41) is 6.08. The van der Waals surface area contributed by atoms with E-state index >= 15 is 0 Å². The highest BCUT2D eigenvalue weighted by Crippen LogP contribution is 2.26. The quantitative estimate of drug-likeness (QED) is 0.429. The third-order valence-electron chi connectivity index (χ3n) is 5.07. The third kappa shape index (κ3) is 3.63. The summed E-state index contributed by atoms with van der Waals surface area (Å²) in [6, 6.07) is 21.7. The van der Waals surface area contributed by atoms with Crippen LogP contribution in [0.3, 0.4) is 0 Å². The molecule has 4 heteroatoms. The molecule has 0 bridgehead atoms. The van der Waals surface area contributed by atoms with E-state index in [2.05, 4.69) is 9.88 Å². The van der Waals surface area contributed by atoms with Crippen LogP contribution in [0.2, 0.25) is 0 Å². The Balaban J connectivity index is 1.65. The summed E-state index contributed by atoms with van der Waals surface area (Å²) < 4.78 is 15.2. The monoisotopic (exact) mass is 374 g/mol. The summed E-state index contributed by atoms with van der Waals surface area (Å²) in [5.41, 5.74) is 2.43. The number of hydrogen-bond acceptors (Lipinski definition) is 1. The number of para-hydroxylation sites is 1. The number of aromatic nitrogens is 1. The molecule has 0 aliphatic rings. The van der Waals surface area contributed by atoms with Crippen LogP contribution in [0.15, 0.2) is 72.9 Å². The van der Waals surface area contributed by atoms with Gasteiger partial charge in [-0.3, -0.25) is 4.79 Å². The molecule has 0 saturated carbocycles. The predicted octanol–water partition coefficient (Wildman–Crippen LogP) is 6.19. The topological polar surface area (TPSA) is 34.0 Å². The molecule has 1 heterocycles. The molecular formula is C24H23FN2O. The minimum Gasteiger partial charge on any atom is -0.347 e. The Kier molecular flexibility index (Phi) is 5.11. The van der Waals surface area contributed by atoms with Crippen molar-refractivity contribution >= 4 is 33.3 Å². The van der Waals surface area contributed by atoms with Crippen molar-refractivity contribution in [3.63, 3.8) is 0 Å². The number of rotatable bonds is 6. The first kappa shape index (κ1) is 18.2. The minimum atomic E-state index is -0.809. The lowest BCUT2D eigenvalue weighted by Crippen LogP contribution is -2.11. The molecule has 0 unspecified atom stereocenters. The van der Waals surface area contributed by atoms with Crippen LogP contribution in [0.1, 0.15) is 30.1 Å². The lowest BCUT2D eigenvalue weighted by molar-refractivity contribution is 0.102. The van der Waals surface area contributed by atoms with E-state index in [1.165, 1.54) is 0 Å². The molecule has 1 aromatic heterocycles. The van der Waals surface area contributed by atoms with Crippen LogP contribution in [0.25, 0.3) is 21.7 Å². The maximum atomic E-state index is 13.1. The molecule has 4 rings (SSSR count). The maximum Gasteiger partial charge on any atom is 0.257 e. The molecule has 28 heavy (non-hydrogen) atoms. The number of alkyl halides is 1. The molecule has 0 radical (unpaired) electrons. The smallest absolute Gasteiger partial charge is 0.257 e. The molecule has 3 nitrogen and oxygen atoms in total. The van der Waals surface area contributed by atoms with Gasteiger partial charge in [0.15, 0.2) is 0 Å². The summed E-state index contributed by atoms with van der Waals surface area (Å²) >= 11 is 0. The maximum absolute atomic E-state index is 13.1. The largest absolute Gasteiger partial charge is 0.347 e. The fraction of sp³-hybridized carbons (Fsp3) is 0.208. The number of carbonyl (C=O) groups excluding carboxylic acids is 1. The second-order valence-electron chi connectivity index (χ2n) is 7.16. The normalized spacial score (nSPS) is 12.4. The van der Waals surface area contributed by atoms with E-state index in [4.69, 9.17) is 0 Å². The Morgan fingerprint density at radius 2 is 1.71 bits per heavy atom. The Morgan fingerprint density at radius 1 is 1.00 bits per heavy atom. The number of nitrogens with one attached hydrogen (secondary N) is 1.